The smallest absolute Gasteiger partial charge is 0.227 e. The Bertz CT molecular complexity index is 715. The van der Waals surface area contributed by atoms with Crippen molar-refractivity contribution in [3.8, 4) is 0 Å². The molecule has 2 aromatic rings. The minimum Gasteiger partial charge on any atom is -0.310 e. The highest BCUT2D eigenvalue weighted by atomic mass is 32.2. The van der Waals surface area contributed by atoms with Crippen molar-refractivity contribution in [1.82, 2.24) is 0 Å². The molecule has 0 saturated carbocycles. The fourth-order valence-electron chi connectivity index (χ4n) is 2.57. The lowest BCUT2D eigenvalue weighted by atomic mass is 10.1. The normalized spacial score (nSPS) is 17.1. The number of para-hydroxylation sites is 1. The molecule has 22 heavy (non-hydrogen) atoms. The van der Waals surface area contributed by atoms with E-state index in [0.717, 1.165) is 16.1 Å². The van der Waals surface area contributed by atoms with Crippen molar-refractivity contribution >= 4 is 22.4 Å². The van der Waals surface area contributed by atoms with Crippen molar-refractivity contribution in [1.29, 1.82) is 0 Å². The van der Waals surface area contributed by atoms with E-state index in [1.807, 2.05) is 24.3 Å². The maximum Gasteiger partial charge on any atom is 0.227 e. The molecule has 0 saturated heterocycles. The molecule has 1 aliphatic heterocycles. The molecular weight excluding hydrogens is 301 g/mol. The Morgan fingerprint density at radius 3 is 2.64 bits per heavy atom. The number of amides is 1. The standard InChI is InChI=1S/C17H16FNO2S/c18-14-8-5-13(6-9-14)7-10-17(20)19-11-12-22(21)16-4-2-1-3-15(16)19/h1-6,8-9H,7,10-12H2. The number of halogens is 1. The first-order valence-electron chi connectivity index (χ1n) is 7.17. The van der Waals surface area contributed by atoms with E-state index in [1.54, 1.807) is 17.0 Å². The van der Waals surface area contributed by atoms with Crippen molar-refractivity contribution in [2.45, 2.75) is 17.7 Å². The third-order valence-electron chi connectivity index (χ3n) is 3.74. The summed E-state index contributed by atoms with van der Waals surface area (Å²) in [5, 5.41) is 0. The first kappa shape index (κ1) is 14.9. The molecule has 3 rings (SSSR count). The van der Waals surface area contributed by atoms with Crippen LogP contribution >= 0.6 is 0 Å². The fraction of sp³-hybridized carbons (Fsp3) is 0.235. The van der Waals surface area contributed by atoms with Gasteiger partial charge in [-0.1, -0.05) is 24.3 Å². The second kappa shape index (κ2) is 6.40. The fourth-order valence-corrected chi connectivity index (χ4v) is 3.78. The van der Waals surface area contributed by atoms with Crippen molar-refractivity contribution < 1.29 is 13.4 Å². The summed E-state index contributed by atoms with van der Waals surface area (Å²) in [7, 11) is -1.03. The highest BCUT2D eigenvalue weighted by molar-refractivity contribution is 7.85. The van der Waals surface area contributed by atoms with E-state index < -0.39 is 10.8 Å². The number of benzene rings is 2. The Labute approximate surface area is 131 Å². The zero-order valence-electron chi connectivity index (χ0n) is 12.0. The molecular formula is C17H16FNO2S. The van der Waals surface area contributed by atoms with Crippen LogP contribution in [0.5, 0.6) is 0 Å². The number of hydrogen-bond acceptors (Lipinski definition) is 2. The van der Waals surface area contributed by atoms with Gasteiger partial charge in [0.2, 0.25) is 5.91 Å². The Balaban J connectivity index is 1.72. The van der Waals surface area contributed by atoms with E-state index >= 15 is 0 Å². The number of fused-ring (bicyclic) bond motifs is 1. The number of carbonyl (C=O) groups is 1. The first-order valence-corrected chi connectivity index (χ1v) is 8.49. The average molecular weight is 317 g/mol. The third kappa shape index (κ3) is 3.09. The average Bonchev–Trinajstić information content (AvgIpc) is 2.55. The second-order valence-corrected chi connectivity index (χ2v) is 6.73. The lowest BCUT2D eigenvalue weighted by Gasteiger charge is -2.29. The van der Waals surface area contributed by atoms with E-state index in [4.69, 9.17) is 0 Å². The maximum absolute atomic E-state index is 12.9. The topological polar surface area (TPSA) is 37.4 Å². The zero-order chi connectivity index (χ0) is 15.5. The molecule has 5 heteroatoms. The molecule has 0 aromatic heterocycles. The lowest BCUT2D eigenvalue weighted by molar-refractivity contribution is -0.118. The SMILES string of the molecule is O=C(CCc1ccc(F)cc1)N1CCS(=O)c2ccccc21. The Kier molecular flexibility index (Phi) is 4.34. The van der Waals surface area contributed by atoms with Gasteiger partial charge in [-0.25, -0.2) is 4.39 Å². The van der Waals surface area contributed by atoms with Crippen LogP contribution in [0.1, 0.15) is 12.0 Å². The van der Waals surface area contributed by atoms with E-state index in [2.05, 4.69) is 0 Å². The van der Waals surface area contributed by atoms with Crippen LogP contribution in [0, 0.1) is 5.82 Å². The Morgan fingerprint density at radius 1 is 1.14 bits per heavy atom. The minimum absolute atomic E-state index is 0.00785. The zero-order valence-corrected chi connectivity index (χ0v) is 12.8. The highest BCUT2D eigenvalue weighted by Gasteiger charge is 2.25. The van der Waals surface area contributed by atoms with E-state index in [-0.39, 0.29) is 11.7 Å². The molecule has 0 aliphatic carbocycles. The van der Waals surface area contributed by atoms with E-state index in [0.29, 0.717) is 25.1 Å². The minimum atomic E-state index is -1.03. The molecule has 1 atom stereocenters. The molecule has 114 valence electrons. The van der Waals surface area contributed by atoms with Crippen molar-refractivity contribution in [2.75, 3.05) is 17.2 Å². The molecule has 0 spiro atoms. The molecule has 2 aromatic carbocycles. The molecule has 1 heterocycles. The monoisotopic (exact) mass is 317 g/mol. The van der Waals surface area contributed by atoms with Gasteiger partial charge in [-0.2, -0.15) is 0 Å². The van der Waals surface area contributed by atoms with Crippen molar-refractivity contribution in [3.63, 3.8) is 0 Å². The predicted octanol–water partition coefficient (Wildman–Crippen LogP) is 2.91. The van der Waals surface area contributed by atoms with Gasteiger partial charge < -0.3 is 4.90 Å². The number of rotatable bonds is 3. The largest absolute Gasteiger partial charge is 0.310 e. The molecule has 0 N–H and O–H groups in total. The van der Waals surface area contributed by atoms with Crippen molar-refractivity contribution in [3.05, 3.63) is 59.9 Å². The Hall–Kier alpha value is -2.01. The number of aryl methyl sites for hydroxylation is 1. The van der Waals surface area contributed by atoms with Crippen LogP contribution in [0.3, 0.4) is 0 Å². The van der Waals surface area contributed by atoms with Gasteiger partial charge in [-0.05, 0) is 36.2 Å². The van der Waals surface area contributed by atoms with Crippen molar-refractivity contribution in [2.24, 2.45) is 0 Å². The summed E-state index contributed by atoms with van der Waals surface area (Å²) in [5.74, 6) is 0.204. The molecule has 1 amide bonds. The third-order valence-corrected chi connectivity index (χ3v) is 5.13. The molecule has 0 bridgehead atoms. The van der Waals surface area contributed by atoms with Gasteiger partial charge in [0.25, 0.3) is 0 Å². The van der Waals surface area contributed by atoms with Gasteiger partial charge in [0.05, 0.1) is 21.4 Å². The number of nitrogens with zero attached hydrogens (tertiary/aromatic N) is 1. The van der Waals surface area contributed by atoms with Gasteiger partial charge in [-0.3, -0.25) is 9.00 Å². The quantitative estimate of drug-likeness (QED) is 0.873. The van der Waals surface area contributed by atoms with Crippen LogP contribution in [-0.2, 0) is 22.0 Å². The van der Waals surface area contributed by atoms with E-state index in [9.17, 15) is 13.4 Å². The van der Waals surface area contributed by atoms with Crippen LogP contribution in [-0.4, -0.2) is 22.4 Å². The van der Waals surface area contributed by atoms with Gasteiger partial charge in [0, 0.05) is 18.7 Å². The van der Waals surface area contributed by atoms with Gasteiger partial charge in [0.1, 0.15) is 5.82 Å². The number of hydrogen-bond donors (Lipinski definition) is 0. The molecule has 3 nitrogen and oxygen atoms in total. The second-order valence-electron chi connectivity index (χ2n) is 5.19. The summed E-state index contributed by atoms with van der Waals surface area (Å²) in [6.07, 6.45) is 0.924. The molecule has 0 fully saturated rings. The van der Waals surface area contributed by atoms with Crippen LogP contribution in [0.4, 0.5) is 10.1 Å². The van der Waals surface area contributed by atoms with Crippen LogP contribution in [0.25, 0.3) is 0 Å². The summed E-state index contributed by atoms with van der Waals surface area (Å²) in [6, 6.07) is 13.5. The summed E-state index contributed by atoms with van der Waals surface area (Å²) < 4.78 is 24.9. The molecule has 1 aliphatic rings. The van der Waals surface area contributed by atoms with Gasteiger partial charge in [0.15, 0.2) is 0 Å². The summed E-state index contributed by atoms with van der Waals surface area (Å²) in [5.41, 5.74) is 1.68. The van der Waals surface area contributed by atoms with E-state index in [1.165, 1.54) is 12.1 Å². The van der Waals surface area contributed by atoms with Gasteiger partial charge >= 0.3 is 0 Å². The molecule has 1 unspecified atom stereocenters. The predicted molar refractivity (Wildman–Crippen MR) is 84.8 cm³/mol. The summed E-state index contributed by atoms with van der Waals surface area (Å²) in [4.78, 5) is 14.9. The summed E-state index contributed by atoms with van der Waals surface area (Å²) in [6.45, 7) is 0.478. The number of anilines is 1. The summed E-state index contributed by atoms with van der Waals surface area (Å²) >= 11 is 0. The van der Waals surface area contributed by atoms with Crippen LogP contribution < -0.4 is 4.90 Å². The highest BCUT2D eigenvalue weighted by Crippen LogP contribution is 2.28. The van der Waals surface area contributed by atoms with Crippen LogP contribution in [0.2, 0.25) is 0 Å². The number of carbonyl (C=O) groups excluding carboxylic acids is 1. The molecule has 0 radical (unpaired) electrons. The Morgan fingerprint density at radius 2 is 1.86 bits per heavy atom. The lowest BCUT2D eigenvalue weighted by Crippen LogP contribution is -2.38. The maximum atomic E-state index is 12.9. The van der Waals surface area contributed by atoms with Crippen LogP contribution in [0.15, 0.2) is 53.4 Å². The first-order chi connectivity index (χ1) is 10.6. The van der Waals surface area contributed by atoms with Gasteiger partial charge in [-0.15, -0.1) is 0 Å².